The lowest BCUT2D eigenvalue weighted by molar-refractivity contribution is 0.104. The van der Waals surface area contributed by atoms with E-state index in [0.717, 1.165) is 5.56 Å². The van der Waals surface area contributed by atoms with E-state index >= 15 is 0 Å². The molecular weight excluding hydrogens is 296 g/mol. The quantitative estimate of drug-likeness (QED) is 0.605. The molecule has 0 bridgehead atoms. The molecular formula is C17H20N2O4. The molecule has 0 atom stereocenters. The van der Waals surface area contributed by atoms with Crippen LogP contribution in [-0.2, 0) is 7.05 Å². The lowest BCUT2D eigenvalue weighted by atomic mass is 10.1. The Morgan fingerprint density at radius 1 is 1.13 bits per heavy atom. The number of nitrogens with zero attached hydrogens (tertiary/aromatic N) is 2. The molecule has 0 aliphatic heterocycles. The van der Waals surface area contributed by atoms with Crippen LogP contribution in [0.5, 0.6) is 17.2 Å². The molecule has 0 aliphatic rings. The van der Waals surface area contributed by atoms with Crippen molar-refractivity contribution in [1.82, 2.24) is 9.78 Å². The summed E-state index contributed by atoms with van der Waals surface area (Å²) in [4.78, 5) is 12.3. The van der Waals surface area contributed by atoms with Crippen LogP contribution < -0.4 is 14.2 Å². The van der Waals surface area contributed by atoms with Crippen LogP contribution in [0.3, 0.4) is 0 Å². The van der Waals surface area contributed by atoms with E-state index in [1.165, 1.54) is 13.2 Å². The first-order valence-corrected chi connectivity index (χ1v) is 7.03. The number of aromatic nitrogens is 2. The maximum atomic E-state index is 12.3. The van der Waals surface area contributed by atoms with Gasteiger partial charge in [-0.05, 0) is 31.2 Å². The Morgan fingerprint density at radius 2 is 1.83 bits per heavy atom. The summed E-state index contributed by atoms with van der Waals surface area (Å²) < 4.78 is 17.6. The number of ketones is 1. The highest BCUT2D eigenvalue weighted by Crippen LogP contribution is 2.40. The molecule has 0 N–H and O–H groups in total. The molecule has 2 aromatic rings. The van der Waals surface area contributed by atoms with Crippen molar-refractivity contribution in [3.63, 3.8) is 0 Å². The Bertz CT molecular complexity index is 747. The largest absolute Gasteiger partial charge is 0.493 e. The lowest BCUT2D eigenvalue weighted by Gasteiger charge is -2.13. The average Bonchev–Trinajstić information content (AvgIpc) is 2.89. The first kappa shape index (κ1) is 16.6. The highest BCUT2D eigenvalue weighted by Gasteiger charge is 2.15. The first-order chi connectivity index (χ1) is 11.0. The number of benzene rings is 1. The third kappa shape index (κ3) is 3.36. The fourth-order valence-electron chi connectivity index (χ4n) is 2.35. The minimum atomic E-state index is -0.118. The molecule has 6 nitrogen and oxygen atoms in total. The van der Waals surface area contributed by atoms with Crippen LogP contribution >= 0.6 is 0 Å². The van der Waals surface area contributed by atoms with Crippen molar-refractivity contribution in [1.29, 1.82) is 0 Å². The van der Waals surface area contributed by atoms with Crippen LogP contribution in [0.1, 0.15) is 21.6 Å². The van der Waals surface area contributed by atoms with E-state index in [9.17, 15) is 4.79 Å². The Hall–Kier alpha value is -2.76. The monoisotopic (exact) mass is 316 g/mol. The van der Waals surface area contributed by atoms with Gasteiger partial charge in [0.15, 0.2) is 17.3 Å². The molecule has 0 fully saturated rings. The second kappa shape index (κ2) is 7.00. The average molecular weight is 316 g/mol. The van der Waals surface area contributed by atoms with Crippen molar-refractivity contribution in [2.24, 2.45) is 7.05 Å². The number of hydrogen-bond acceptors (Lipinski definition) is 5. The summed E-state index contributed by atoms with van der Waals surface area (Å²) in [5.41, 5.74) is 1.99. The van der Waals surface area contributed by atoms with Gasteiger partial charge in [-0.15, -0.1) is 0 Å². The van der Waals surface area contributed by atoms with Crippen LogP contribution in [0.15, 0.2) is 24.4 Å². The first-order valence-electron chi connectivity index (χ1n) is 7.03. The number of methoxy groups -OCH3 is 3. The summed E-state index contributed by atoms with van der Waals surface area (Å²) in [5.74, 6) is 1.45. The van der Waals surface area contributed by atoms with Crippen molar-refractivity contribution in [2.45, 2.75) is 6.92 Å². The number of aryl methyl sites for hydroxylation is 2. The number of carbonyl (C=O) groups excluding carboxylic acids is 1. The fourth-order valence-corrected chi connectivity index (χ4v) is 2.35. The minimum Gasteiger partial charge on any atom is -0.493 e. The van der Waals surface area contributed by atoms with E-state index in [2.05, 4.69) is 5.10 Å². The zero-order valence-corrected chi connectivity index (χ0v) is 13.9. The summed E-state index contributed by atoms with van der Waals surface area (Å²) in [6.45, 7) is 1.80. The van der Waals surface area contributed by atoms with Gasteiger partial charge >= 0.3 is 0 Å². The Labute approximate surface area is 135 Å². The van der Waals surface area contributed by atoms with Crippen molar-refractivity contribution < 1.29 is 19.0 Å². The molecule has 1 aromatic heterocycles. The number of carbonyl (C=O) groups is 1. The van der Waals surface area contributed by atoms with E-state index in [1.54, 1.807) is 57.3 Å². The van der Waals surface area contributed by atoms with E-state index < -0.39 is 0 Å². The predicted octanol–water partition coefficient (Wildman–Crippen LogP) is 2.65. The molecule has 2 rings (SSSR count). The van der Waals surface area contributed by atoms with Gasteiger partial charge in [-0.2, -0.15) is 5.10 Å². The van der Waals surface area contributed by atoms with Gasteiger partial charge in [-0.3, -0.25) is 9.48 Å². The van der Waals surface area contributed by atoms with E-state index in [4.69, 9.17) is 14.2 Å². The van der Waals surface area contributed by atoms with Crippen molar-refractivity contribution in [3.8, 4) is 17.2 Å². The summed E-state index contributed by atoms with van der Waals surface area (Å²) in [6.07, 6.45) is 4.89. The van der Waals surface area contributed by atoms with Gasteiger partial charge < -0.3 is 14.2 Å². The Kier molecular flexibility index (Phi) is 5.05. The number of hydrogen-bond donors (Lipinski definition) is 0. The molecule has 122 valence electrons. The van der Waals surface area contributed by atoms with Crippen LogP contribution in [0, 0.1) is 6.92 Å². The third-order valence-electron chi connectivity index (χ3n) is 3.43. The van der Waals surface area contributed by atoms with Gasteiger partial charge in [0.05, 0.1) is 32.6 Å². The SMILES string of the molecule is COc1ccc(/C=C/C(=O)c2cn(C)nc2C)c(OC)c1OC. The molecule has 0 aliphatic carbocycles. The molecule has 1 heterocycles. The molecule has 0 unspecified atom stereocenters. The number of rotatable bonds is 6. The molecule has 0 spiro atoms. The maximum absolute atomic E-state index is 12.3. The van der Waals surface area contributed by atoms with Gasteiger partial charge in [-0.1, -0.05) is 0 Å². The predicted molar refractivity (Wildman–Crippen MR) is 87.4 cm³/mol. The van der Waals surface area contributed by atoms with Gasteiger partial charge in [0.25, 0.3) is 0 Å². The normalized spacial score (nSPS) is 10.8. The number of ether oxygens (including phenoxy) is 3. The minimum absolute atomic E-state index is 0.118. The summed E-state index contributed by atoms with van der Waals surface area (Å²) >= 11 is 0. The van der Waals surface area contributed by atoms with E-state index in [1.807, 2.05) is 0 Å². The fraction of sp³-hybridized carbons (Fsp3) is 0.294. The van der Waals surface area contributed by atoms with Crippen LogP contribution in [0.25, 0.3) is 6.08 Å². The van der Waals surface area contributed by atoms with Gasteiger partial charge in [-0.25, -0.2) is 0 Å². The van der Waals surface area contributed by atoms with Crippen LogP contribution in [0.4, 0.5) is 0 Å². The number of allylic oxidation sites excluding steroid dienone is 1. The highest BCUT2D eigenvalue weighted by atomic mass is 16.5. The molecule has 6 heteroatoms. The molecule has 0 saturated carbocycles. The van der Waals surface area contributed by atoms with Crippen LogP contribution in [-0.4, -0.2) is 36.9 Å². The van der Waals surface area contributed by atoms with E-state index in [-0.39, 0.29) is 5.78 Å². The third-order valence-corrected chi connectivity index (χ3v) is 3.43. The van der Waals surface area contributed by atoms with Gasteiger partial charge in [0, 0.05) is 18.8 Å². The molecule has 23 heavy (non-hydrogen) atoms. The molecule has 0 amide bonds. The second-order valence-corrected chi connectivity index (χ2v) is 4.92. The summed E-state index contributed by atoms with van der Waals surface area (Å²) in [5, 5.41) is 4.17. The maximum Gasteiger partial charge on any atom is 0.203 e. The van der Waals surface area contributed by atoms with Crippen molar-refractivity contribution in [3.05, 3.63) is 41.2 Å². The zero-order chi connectivity index (χ0) is 17.0. The van der Waals surface area contributed by atoms with Gasteiger partial charge in [0.2, 0.25) is 5.75 Å². The second-order valence-electron chi connectivity index (χ2n) is 4.92. The molecule has 0 saturated heterocycles. The van der Waals surface area contributed by atoms with E-state index in [0.29, 0.717) is 28.5 Å². The zero-order valence-electron chi connectivity index (χ0n) is 13.9. The van der Waals surface area contributed by atoms with Crippen LogP contribution in [0.2, 0.25) is 0 Å². The standard InChI is InChI=1S/C17H20N2O4/c1-11-13(10-19(2)18-11)14(20)8-6-12-7-9-15(21-3)17(23-5)16(12)22-4/h6-10H,1-5H3/b8-6+. The topological polar surface area (TPSA) is 62.6 Å². The van der Waals surface area contributed by atoms with Crippen molar-refractivity contribution in [2.75, 3.05) is 21.3 Å². The Morgan fingerprint density at radius 3 is 2.35 bits per heavy atom. The highest BCUT2D eigenvalue weighted by molar-refractivity contribution is 6.07. The summed E-state index contributed by atoms with van der Waals surface area (Å²) in [7, 11) is 6.42. The summed E-state index contributed by atoms with van der Waals surface area (Å²) in [6, 6.07) is 3.57. The lowest BCUT2D eigenvalue weighted by Crippen LogP contribution is -1.98. The Balaban J connectivity index is 2.36. The van der Waals surface area contributed by atoms with Gasteiger partial charge in [0.1, 0.15) is 0 Å². The molecule has 0 radical (unpaired) electrons. The smallest absolute Gasteiger partial charge is 0.203 e. The van der Waals surface area contributed by atoms with Crippen molar-refractivity contribution >= 4 is 11.9 Å². The molecule has 1 aromatic carbocycles.